The van der Waals surface area contributed by atoms with Gasteiger partial charge in [0.05, 0.1) is 30.5 Å². The summed E-state index contributed by atoms with van der Waals surface area (Å²) in [7, 11) is 1.58. The van der Waals surface area contributed by atoms with Crippen LogP contribution in [0, 0.1) is 51.2 Å². The Kier molecular flexibility index (Phi) is 4.45. The van der Waals surface area contributed by atoms with Crippen LogP contribution in [0.15, 0.2) is 47.2 Å². The normalized spacial score (nSPS) is 26.6. The number of nitrogens with zero attached hydrogens (tertiary/aromatic N) is 3. The summed E-state index contributed by atoms with van der Waals surface area (Å²) >= 11 is 0. The number of allylic oxidation sites excluding steroid dienone is 4. The first-order valence-electron chi connectivity index (χ1n) is 8.59. The summed E-state index contributed by atoms with van der Waals surface area (Å²) in [6, 6.07) is 13.9. The van der Waals surface area contributed by atoms with Gasteiger partial charge in [0, 0.05) is 5.92 Å². The van der Waals surface area contributed by atoms with Crippen LogP contribution in [0.4, 0.5) is 0 Å². The molecule has 2 aliphatic rings. The first-order chi connectivity index (χ1) is 12.5. The molecule has 0 radical (unpaired) electrons. The zero-order valence-corrected chi connectivity index (χ0v) is 14.9. The Morgan fingerprint density at radius 2 is 1.96 bits per heavy atom. The van der Waals surface area contributed by atoms with Gasteiger partial charge in [-0.3, -0.25) is 0 Å². The topological polar surface area (TPSA) is 107 Å². The summed E-state index contributed by atoms with van der Waals surface area (Å²) in [5.74, 6) is 0.521. The van der Waals surface area contributed by atoms with E-state index >= 15 is 0 Å². The van der Waals surface area contributed by atoms with Crippen LogP contribution in [0.3, 0.4) is 0 Å². The van der Waals surface area contributed by atoms with Crippen molar-refractivity contribution in [3.8, 4) is 24.0 Å². The first kappa shape index (κ1) is 17.6. The summed E-state index contributed by atoms with van der Waals surface area (Å²) in [4.78, 5) is 0. The van der Waals surface area contributed by atoms with Gasteiger partial charge in [-0.25, -0.2) is 0 Å². The van der Waals surface area contributed by atoms with Gasteiger partial charge in [-0.1, -0.05) is 25.1 Å². The molecule has 0 amide bonds. The lowest BCUT2D eigenvalue weighted by molar-refractivity contribution is 0.283. The fraction of sp³-hybridized carbons (Fsp3) is 0.381. The zero-order chi connectivity index (χ0) is 18.9. The van der Waals surface area contributed by atoms with Crippen molar-refractivity contribution in [3.63, 3.8) is 0 Å². The van der Waals surface area contributed by atoms with E-state index in [-0.39, 0.29) is 11.6 Å². The number of methoxy groups -OCH3 is 1. The smallest absolute Gasteiger partial charge is 0.191 e. The van der Waals surface area contributed by atoms with E-state index in [2.05, 4.69) is 31.2 Å². The number of ether oxygens (including phenoxy) is 1. The van der Waals surface area contributed by atoms with Crippen molar-refractivity contribution in [1.82, 2.24) is 0 Å². The number of hydrogen-bond donors (Lipinski definition) is 1. The lowest BCUT2D eigenvalue weighted by Crippen LogP contribution is -2.43. The molecule has 5 nitrogen and oxygen atoms in total. The van der Waals surface area contributed by atoms with Crippen LogP contribution in [-0.4, -0.2) is 7.11 Å². The number of rotatable bonds is 2. The van der Waals surface area contributed by atoms with Crippen molar-refractivity contribution in [3.05, 3.63) is 52.7 Å². The van der Waals surface area contributed by atoms with Crippen molar-refractivity contribution in [2.45, 2.75) is 25.7 Å². The van der Waals surface area contributed by atoms with Gasteiger partial charge >= 0.3 is 0 Å². The Hall–Kier alpha value is -3.23. The summed E-state index contributed by atoms with van der Waals surface area (Å²) in [5.41, 5.74) is 6.76. The second kappa shape index (κ2) is 6.58. The van der Waals surface area contributed by atoms with Crippen LogP contribution in [0.5, 0.6) is 5.75 Å². The maximum atomic E-state index is 9.99. The predicted octanol–water partition coefficient (Wildman–Crippen LogP) is 3.53. The van der Waals surface area contributed by atoms with Gasteiger partial charge in [0.1, 0.15) is 11.8 Å². The molecule has 0 saturated heterocycles. The molecule has 0 saturated carbocycles. The van der Waals surface area contributed by atoms with E-state index in [9.17, 15) is 15.8 Å². The highest BCUT2D eigenvalue weighted by atomic mass is 16.5. The third kappa shape index (κ3) is 2.43. The van der Waals surface area contributed by atoms with Crippen LogP contribution in [-0.2, 0) is 0 Å². The molecule has 5 heteroatoms. The first-order valence-corrected chi connectivity index (χ1v) is 8.59. The van der Waals surface area contributed by atoms with E-state index in [4.69, 9.17) is 10.5 Å². The van der Waals surface area contributed by atoms with Gasteiger partial charge in [0.25, 0.3) is 0 Å². The van der Waals surface area contributed by atoms with Crippen molar-refractivity contribution in [1.29, 1.82) is 15.8 Å². The minimum Gasteiger partial charge on any atom is -0.497 e. The Balaban J connectivity index is 2.32. The van der Waals surface area contributed by atoms with Gasteiger partial charge in [0.15, 0.2) is 5.41 Å². The molecular weight excluding hydrogens is 324 g/mol. The highest BCUT2D eigenvalue weighted by Crippen LogP contribution is 2.56. The Morgan fingerprint density at radius 1 is 1.23 bits per heavy atom. The van der Waals surface area contributed by atoms with Crippen molar-refractivity contribution < 1.29 is 4.74 Å². The van der Waals surface area contributed by atoms with E-state index < -0.39 is 11.3 Å². The summed E-state index contributed by atoms with van der Waals surface area (Å²) < 4.78 is 5.33. The van der Waals surface area contributed by atoms with E-state index in [0.29, 0.717) is 17.2 Å². The number of fused-ring (bicyclic) bond motifs is 1. The Labute approximate surface area is 153 Å². The SMILES string of the molecule is COc1cccc([C@@H]2[C@@H]3C[C@@H](C)CC=C3C(C#N)=C(N)C2(C#N)C#N)c1. The second-order valence-electron chi connectivity index (χ2n) is 7.03. The summed E-state index contributed by atoms with van der Waals surface area (Å²) in [6.45, 7) is 2.14. The molecule has 0 fully saturated rings. The number of nitrogens with two attached hydrogens (primary N) is 1. The van der Waals surface area contributed by atoms with Crippen molar-refractivity contribution in [2.75, 3.05) is 7.11 Å². The average Bonchev–Trinajstić information content (AvgIpc) is 2.67. The molecule has 26 heavy (non-hydrogen) atoms. The third-order valence-corrected chi connectivity index (χ3v) is 5.57. The van der Waals surface area contributed by atoms with E-state index in [0.717, 1.165) is 24.0 Å². The van der Waals surface area contributed by atoms with Gasteiger partial charge in [-0.05, 0) is 47.9 Å². The minimum absolute atomic E-state index is 0.0647. The van der Waals surface area contributed by atoms with Crippen LogP contribution in [0.25, 0.3) is 0 Å². The van der Waals surface area contributed by atoms with E-state index in [1.165, 1.54) is 0 Å². The Morgan fingerprint density at radius 3 is 2.58 bits per heavy atom. The maximum absolute atomic E-state index is 9.99. The van der Waals surface area contributed by atoms with Gasteiger partial charge in [-0.2, -0.15) is 15.8 Å². The van der Waals surface area contributed by atoms with Crippen LogP contribution in [0.1, 0.15) is 31.2 Å². The fourth-order valence-corrected chi connectivity index (χ4v) is 4.29. The number of nitriles is 3. The monoisotopic (exact) mass is 344 g/mol. The molecule has 0 bridgehead atoms. The summed E-state index contributed by atoms with van der Waals surface area (Å²) in [6.07, 6.45) is 3.72. The minimum atomic E-state index is -1.57. The van der Waals surface area contributed by atoms with Crippen molar-refractivity contribution >= 4 is 0 Å². The molecule has 3 atom stereocenters. The number of hydrogen-bond acceptors (Lipinski definition) is 5. The molecule has 0 aromatic heterocycles. The molecule has 1 aromatic carbocycles. The van der Waals surface area contributed by atoms with E-state index in [1.807, 2.05) is 24.3 Å². The molecule has 0 heterocycles. The fourth-order valence-electron chi connectivity index (χ4n) is 4.29. The zero-order valence-electron chi connectivity index (χ0n) is 14.9. The highest BCUT2D eigenvalue weighted by Gasteiger charge is 2.54. The molecular formula is C21H20N4O. The molecule has 0 unspecified atom stereocenters. The maximum Gasteiger partial charge on any atom is 0.191 e. The highest BCUT2D eigenvalue weighted by molar-refractivity contribution is 5.59. The molecule has 2 aliphatic carbocycles. The van der Waals surface area contributed by atoms with Gasteiger partial charge in [0.2, 0.25) is 0 Å². The third-order valence-electron chi connectivity index (χ3n) is 5.57. The molecule has 0 spiro atoms. The lowest BCUT2D eigenvalue weighted by Gasteiger charge is -2.44. The Bertz CT molecular complexity index is 909. The molecule has 0 aliphatic heterocycles. The van der Waals surface area contributed by atoms with Gasteiger partial charge < -0.3 is 10.5 Å². The van der Waals surface area contributed by atoms with Crippen LogP contribution < -0.4 is 10.5 Å². The van der Waals surface area contributed by atoms with Gasteiger partial charge in [-0.15, -0.1) is 0 Å². The number of benzene rings is 1. The predicted molar refractivity (Wildman–Crippen MR) is 96.2 cm³/mol. The summed E-state index contributed by atoms with van der Waals surface area (Å²) in [5, 5.41) is 29.6. The van der Waals surface area contributed by atoms with Crippen LogP contribution >= 0.6 is 0 Å². The standard InChI is InChI=1S/C21H20N4O/c1-13-6-7-16-17(8-13)19(14-4-3-5-15(9-14)26-2)21(11-23,12-24)20(25)18(16)10-22/h3-5,7,9,13,17,19H,6,8,25H2,1-2H3/t13-,17+,19+/m0/s1. The molecule has 3 rings (SSSR count). The second-order valence-corrected chi connectivity index (χ2v) is 7.03. The molecule has 2 N–H and O–H groups in total. The average molecular weight is 344 g/mol. The molecule has 130 valence electrons. The van der Waals surface area contributed by atoms with Crippen LogP contribution in [0.2, 0.25) is 0 Å². The molecule has 1 aromatic rings. The largest absolute Gasteiger partial charge is 0.497 e. The lowest BCUT2D eigenvalue weighted by atomic mass is 9.56. The van der Waals surface area contributed by atoms with Crippen molar-refractivity contribution in [2.24, 2.45) is 23.0 Å². The quantitative estimate of drug-likeness (QED) is 0.883. The van der Waals surface area contributed by atoms with E-state index in [1.54, 1.807) is 7.11 Å².